The molecule has 2 fully saturated rings. The third kappa shape index (κ3) is 3.97. The largest absolute Gasteiger partial charge is 0.464 e. The summed E-state index contributed by atoms with van der Waals surface area (Å²) in [6.07, 6.45) is 5.98. The average molecular weight is 361 g/mol. The molecule has 2 aliphatic rings. The Morgan fingerprint density at radius 3 is 2.23 bits per heavy atom. The van der Waals surface area contributed by atoms with Gasteiger partial charge in [0.15, 0.2) is 5.78 Å². The van der Waals surface area contributed by atoms with E-state index in [9.17, 15) is 9.59 Å². The molecule has 142 valence electrons. The highest BCUT2D eigenvalue weighted by Crippen LogP contribution is 2.40. The standard InChI is InChI=1S/C19H27N3O4/c1-5-25-17-20-10-13(11-21-17)16(23)12-8-14-6-7-15(9-12)22(14)18(24)26-19(2,3)4/h10-12,14-15H,5-9H2,1-4H3. The van der Waals surface area contributed by atoms with Gasteiger partial charge in [0.2, 0.25) is 0 Å². The number of fused-ring (bicyclic) bond motifs is 2. The van der Waals surface area contributed by atoms with Gasteiger partial charge in [0.1, 0.15) is 5.60 Å². The van der Waals surface area contributed by atoms with Gasteiger partial charge in [-0.05, 0) is 53.4 Å². The minimum absolute atomic E-state index is 0.0498. The molecule has 1 aromatic heterocycles. The Hall–Kier alpha value is -2.18. The Morgan fingerprint density at radius 1 is 1.15 bits per heavy atom. The van der Waals surface area contributed by atoms with Crippen LogP contribution in [0.2, 0.25) is 0 Å². The van der Waals surface area contributed by atoms with E-state index in [2.05, 4.69) is 9.97 Å². The molecule has 1 aromatic rings. The highest BCUT2D eigenvalue weighted by Gasteiger charge is 2.46. The molecule has 2 atom stereocenters. The lowest BCUT2D eigenvalue weighted by molar-refractivity contribution is 0.00253. The van der Waals surface area contributed by atoms with Gasteiger partial charge in [-0.1, -0.05) is 0 Å². The number of carbonyl (C=O) groups is 2. The van der Waals surface area contributed by atoms with E-state index in [1.807, 2.05) is 32.6 Å². The van der Waals surface area contributed by atoms with Crippen molar-refractivity contribution in [2.75, 3.05) is 6.61 Å². The molecular formula is C19H27N3O4. The van der Waals surface area contributed by atoms with Crippen molar-refractivity contribution in [3.05, 3.63) is 18.0 Å². The molecule has 2 saturated heterocycles. The number of nitrogens with zero attached hydrogens (tertiary/aromatic N) is 3. The number of amides is 1. The molecule has 3 rings (SSSR count). The normalized spacial score (nSPS) is 25.1. The summed E-state index contributed by atoms with van der Waals surface area (Å²) >= 11 is 0. The predicted molar refractivity (Wildman–Crippen MR) is 95.1 cm³/mol. The highest BCUT2D eigenvalue weighted by molar-refractivity contribution is 5.97. The SMILES string of the molecule is CCOc1ncc(C(=O)C2CC3CCC(C2)N3C(=O)OC(C)(C)C)cn1. The summed E-state index contributed by atoms with van der Waals surface area (Å²) in [7, 11) is 0. The van der Waals surface area contributed by atoms with Crippen molar-refractivity contribution >= 4 is 11.9 Å². The van der Waals surface area contributed by atoms with Crippen molar-refractivity contribution in [1.82, 2.24) is 14.9 Å². The van der Waals surface area contributed by atoms with Crippen LogP contribution in [0.15, 0.2) is 12.4 Å². The number of ether oxygens (including phenoxy) is 2. The molecule has 0 saturated carbocycles. The summed E-state index contributed by atoms with van der Waals surface area (Å²) < 4.78 is 10.8. The van der Waals surface area contributed by atoms with Gasteiger partial charge in [-0.15, -0.1) is 0 Å². The van der Waals surface area contributed by atoms with Gasteiger partial charge in [0.05, 0.1) is 12.2 Å². The van der Waals surface area contributed by atoms with Crippen LogP contribution < -0.4 is 4.74 Å². The molecule has 2 unspecified atom stereocenters. The van der Waals surface area contributed by atoms with Crippen LogP contribution in [0, 0.1) is 5.92 Å². The van der Waals surface area contributed by atoms with Gasteiger partial charge < -0.3 is 14.4 Å². The van der Waals surface area contributed by atoms with Crippen molar-refractivity contribution < 1.29 is 19.1 Å². The molecule has 7 heteroatoms. The van der Waals surface area contributed by atoms with E-state index >= 15 is 0 Å². The Kier molecular flexibility index (Phi) is 5.16. The number of aromatic nitrogens is 2. The molecular weight excluding hydrogens is 334 g/mol. The van der Waals surface area contributed by atoms with Gasteiger partial charge in [-0.2, -0.15) is 0 Å². The van der Waals surface area contributed by atoms with Crippen molar-refractivity contribution in [2.45, 2.75) is 71.1 Å². The first kappa shape index (κ1) is 18.6. The molecule has 0 radical (unpaired) electrons. The van der Waals surface area contributed by atoms with E-state index in [-0.39, 0.29) is 35.9 Å². The fraction of sp³-hybridized carbons (Fsp3) is 0.684. The van der Waals surface area contributed by atoms with E-state index in [1.54, 1.807) is 0 Å². The van der Waals surface area contributed by atoms with Gasteiger partial charge >= 0.3 is 12.1 Å². The molecule has 0 spiro atoms. The van der Waals surface area contributed by atoms with Crippen LogP contribution >= 0.6 is 0 Å². The number of piperidine rings is 1. The average Bonchev–Trinajstić information content (AvgIpc) is 2.84. The van der Waals surface area contributed by atoms with Crippen molar-refractivity contribution in [2.24, 2.45) is 5.92 Å². The quantitative estimate of drug-likeness (QED) is 0.766. The second kappa shape index (κ2) is 7.21. The van der Waals surface area contributed by atoms with Gasteiger partial charge in [0, 0.05) is 30.4 Å². The van der Waals surface area contributed by atoms with E-state index in [1.165, 1.54) is 12.4 Å². The van der Waals surface area contributed by atoms with Crippen molar-refractivity contribution in [3.8, 4) is 6.01 Å². The predicted octanol–water partition coefficient (Wildman–Crippen LogP) is 3.24. The summed E-state index contributed by atoms with van der Waals surface area (Å²) in [5.74, 6) is -0.0542. The van der Waals surface area contributed by atoms with Crippen LogP contribution in [0.5, 0.6) is 6.01 Å². The van der Waals surface area contributed by atoms with Crippen molar-refractivity contribution in [1.29, 1.82) is 0 Å². The second-order valence-electron chi connectivity index (χ2n) is 7.99. The Labute approximate surface area is 154 Å². The van der Waals surface area contributed by atoms with Crippen LogP contribution in [0.1, 0.15) is 63.7 Å². The topological polar surface area (TPSA) is 81.6 Å². The maximum Gasteiger partial charge on any atom is 0.410 e. The molecule has 7 nitrogen and oxygen atoms in total. The number of carbonyl (C=O) groups excluding carboxylic acids is 2. The summed E-state index contributed by atoms with van der Waals surface area (Å²) in [4.78, 5) is 35.4. The first-order valence-corrected chi connectivity index (χ1v) is 9.29. The number of ketones is 1. The van der Waals surface area contributed by atoms with E-state index in [0.29, 0.717) is 25.0 Å². The zero-order valence-electron chi connectivity index (χ0n) is 15.9. The summed E-state index contributed by atoms with van der Waals surface area (Å²) in [5, 5.41) is 0. The molecule has 2 aliphatic heterocycles. The molecule has 2 bridgehead atoms. The van der Waals surface area contributed by atoms with Crippen LogP contribution in [-0.2, 0) is 4.74 Å². The fourth-order valence-corrected chi connectivity index (χ4v) is 3.89. The molecule has 3 heterocycles. The lowest BCUT2D eigenvalue weighted by atomic mass is 9.85. The van der Waals surface area contributed by atoms with E-state index in [0.717, 1.165) is 12.8 Å². The van der Waals surface area contributed by atoms with E-state index < -0.39 is 5.60 Å². The van der Waals surface area contributed by atoms with E-state index in [4.69, 9.17) is 9.47 Å². The van der Waals surface area contributed by atoms with Gasteiger partial charge in [-0.3, -0.25) is 4.79 Å². The molecule has 0 aromatic carbocycles. The number of rotatable bonds is 4. The number of hydrogen-bond acceptors (Lipinski definition) is 6. The zero-order chi connectivity index (χ0) is 18.9. The van der Waals surface area contributed by atoms with Gasteiger partial charge in [-0.25, -0.2) is 14.8 Å². The molecule has 0 aliphatic carbocycles. The van der Waals surface area contributed by atoms with Crippen molar-refractivity contribution in [3.63, 3.8) is 0 Å². The van der Waals surface area contributed by atoms with Crippen LogP contribution in [0.25, 0.3) is 0 Å². The minimum atomic E-state index is -0.511. The third-order valence-electron chi connectivity index (χ3n) is 4.89. The highest BCUT2D eigenvalue weighted by atomic mass is 16.6. The fourth-order valence-electron chi connectivity index (χ4n) is 3.89. The summed E-state index contributed by atoms with van der Waals surface area (Å²) in [6, 6.07) is 0.422. The number of hydrogen-bond donors (Lipinski definition) is 0. The van der Waals surface area contributed by atoms with Crippen LogP contribution in [0.4, 0.5) is 4.79 Å². The maximum atomic E-state index is 12.8. The second-order valence-corrected chi connectivity index (χ2v) is 7.99. The molecule has 1 amide bonds. The van der Waals surface area contributed by atoms with Crippen LogP contribution in [0.3, 0.4) is 0 Å². The monoisotopic (exact) mass is 361 g/mol. The summed E-state index contributed by atoms with van der Waals surface area (Å²) in [6.45, 7) is 7.95. The first-order valence-electron chi connectivity index (χ1n) is 9.29. The summed E-state index contributed by atoms with van der Waals surface area (Å²) in [5.41, 5.74) is -0.00777. The molecule has 26 heavy (non-hydrogen) atoms. The Bertz CT molecular complexity index is 654. The molecule has 0 N–H and O–H groups in total. The smallest absolute Gasteiger partial charge is 0.410 e. The maximum absolute atomic E-state index is 12.8. The first-order chi connectivity index (χ1) is 12.3. The van der Waals surface area contributed by atoms with Crippen LogP contribution in [-0.4, -0.2) is 51.0 Å². The van der Waals surface area contributed by atoms with Gasteiger partial charge in [0.25, 0.3) is 0 Å². The third-order valence-corrected chi connectivity index (χ3v) is 4.89. The minimum Gasteiger partial charge on any atom is -0.464 e. The Morgan fingerprint density at radius 2 is 1.73 bits per heavy atom. The lowest BCUT2D eigenvalue weighted by Gasteiger charge is -2.39. The lowest BCUT2D eigenvalue weighted by Crippen LogP contribution is -2.49. The Balaban J connectivity index is 1.66. The number of Topliss-reactive ketones (excluding diaryl/α,β-unsaturated/α-hetero) is 1. The zero-order valence-corrected chi connectivity index (χ0v) is 15.9.